The molecule has 5 nitrogen and oxygen atoms in total. The predicted molar refractivity (Wildman–Crippen MR) is 102 cm³/mol. The van der Waals surface area contributed by atoms with Crippen LogP contribution in [-0.4, -0.2) is 36.6 Å². The van der Waals surface area contributed by atoms with E-state index >= 15 is 0 Å². The Morgan fingerprint density at radius 3 is 2.54 bits per heavy atom. The lowest BCUT2D eigenvalue weighted by Crippen LogP contribution is -2.38. The van der Waals surface area contributed by atoms with Gasteiger partial charge in [-0.1, -0.05) is 19.3 Å². The highest BCUT2D eigenvalue weighted by molar-refractivity contribution is 7.89. The number of aromatic amines is 1. The maximum Gasteiger partial charge on any atom is 0.243 e. The van der Waals surface area contributed by atoms with Gasteiger partial charge in [0, 0.05) is 41.7 Å². The van der Waals surface area contributed by atoms with Crippen LogP contribution in [0.4, 0.5) is 0 Å². The van der Waals surface area contributed by atoms with Crippen molar-refractivity contribution >= 4 is 26.7 Å². The van der Waals surface area contributed by atoms with E-state index < -0.39 is 10.0 Å². The molecule has 1 saturated carbocycles. The van der Waals surface area contributed by atoms with Gasteiger partial charge < -0.3 is 4.98 Å². The molecule has 0 aliphatic heterocycles. The molecule has 4 rings (SSSR count). The van der Waals surface area contributed by atoms with Gasteiger partial charge in [-0.25, -0.2) is 8.42 Å². The molecule has 1 heterocycles. The minimum absolute atomic E-state index is 0.0854. The minimum Gasteiger partial charge on any atom is -0.358 e. The molecule has 0 radical (unpaired) electrons. The zero-order valence-corrected chi connectivity index (χ0v) is 16.3. The topological polar surface area (TPSA) is 70.2 Å². The van der Waals surface area contributed by atoms with Gasteiger partial charge in [0.25, 0.3) is 0 Å². The second-order valence-corrected chi connectivity index (χ2v) is 9.70. The molecule has 2 aromatic rings. The molecule has 26 heavy (non-hydrogen) atoms. The number of aromatic nitrogens is 1. The number of carbonyl (C=O) groups excluding carboxylic acids is 1. The SMILES string of the molecule is Cc1cc2c3c([nH]c2cc1S(=O)(=O)N(C)C1CCCCC1)CCCC3=O. The van der Waals surface area contributed by atoms with Crippen molar-refractivity contribution in [2.45, 2.75) is 69.2 Å². The van der Waals surface area contributed by atoms with Crippen LogP contribution >= 0.6 is 0 Å². The van der Waals surface area contributed by atoms with Gasteiger partial charge >= 0.3 is 0 Å². The standard InChI is InChI=1S/C20H26N2O3S/c1-13-11-15-17(21-16-9-6-10-18(23)20(15)16)12-19(13)26(24,25)22(2)14-7-4-3-5-8-14/h11-12,14,21H,3-10H2,1-2H3. The summed E-state index contributed by atoms with van der Waals surface area (Å²) >= 11 is 0. The number of Topliss-reactive ketones (excluding diaryl/α,β-unsaturated/α-hetero) is 1. The number of hydrogen-bond acceptors (Lipinski definition) is 3. The van der Waals surface area contributed by atoms with Gasteiger partial charge in [0.2, 0.25) is 10.0 Å². The molecule has 2 aliphatic carbocycles. The van der Waals surface area contributed by atoms with Crippen LogP contribution in [0.3, 0.4) is 0 Å². The third-order valence-electron chi connectivity index (χ3n) is 6.03. The van der Waals surface area contributed by atoms with Crippen molar-refractivity contribution in [3.05, 3.63) is 29.0 Å². The molecule has 0 spiro atoms. The fourth-order valence-electron chi connectivity index (χ4n) is 4.52. The molecular weight excluding hydrogens is 348 g/mol. The first-order valence-electron chi connectivity index (χ1n) is 9.56. The number of nitrogens with one attached hydrogen (secondary N) is 1. The summed E-state index contributed by atoms with van der Waals surface area (Å²) in [7, 11) is -1.84. The summed E-state index contributed by atoms with van der Waals surface area (Å²) < 4.78 is 28.1. The lowest BCUT2D eigenvalue weighted by Gasteiger charge is -2.30. The monoisotopic (exact) mass is 374 g/mol. The highest BCUT2D eigenvalue weighted by atomic mass is 32.2. The Labute approximate surface area is 154 Å². The van der Waals surface area contributed by atoms with E-state index in [-0.39, 0.29) is 11.8 Å². The summed E-state index contributed by atoms with van der Waals surface area (Å²) in [4.78, 5) is 16.0. The Balaban J connectivity index is 1.79. The summed E-state index contributed by atoms with van der Waals surface area (Å²) in [5.74, 6) is 0.159. The normalized spacial score (nSPS) is 19.3. The van der Waals surface area contributed by atoms with E-state index in [1.54, 1.807) is 17.4 Å². The number of benzene rings is 1. The number of carbonyl (C=O) groups is 1. The van der Waals surface area contributed by atoms with Crippen LogP contribution in [0, 0.1) is 6.92 Å². The molecule has 1 N–H and O–H groups in total. The molecule has 0 bridgehead atoms. The van der Waals surface area contributed by atoms with E-state index in [0.29, 0.717) is 16.9 Å². The van der Waals surface area contributed by atoms with Gasteiger partial charge in [0.15, 0.2) is 5.78 Å². The van der Waals surface area contributed by atoms with E-state index in [2.05, 4.69) is 4.98 Å². The molecule has 140 valence electrons. The van der Waals surface area contributed by atoms with Gasteiger partial charge in [-0.05, 0) is 50.3 Å². The van der Waals surface area contributed by atoms with E-state index in [9.17, 15) is 13.2 Å². The molecule has 2 aliphatic rings. The third kappa shape index (κ3) is 2.79. The number of ketones is 1. The molecule has 1 fully saturated rings. The predicted octanol–water partition coefficient (Wildman–Crippen LogP) is 3.95. The smallest absolute Gasteiger partial charge is 0.243 e. The van der Waals surface area contributed by atoms with Crippen molar-refractivity contribution in [3.8, 4) is 0 Å². The van der Waals surface area contributed by atoms with Crippen LogP contribution in [0.5, 0.6) is 0 Å². The summed E-state index contributed by atoms with van der Waals surface area (Å²) in [5, 5.41) is 0.862. The summed E-state index contributed by atoms with van der Waals surface area (Å²) in [5.41, 5.74) is 3.18. The van der Waals surface area contributed by atoms with Gasteiger partial charge in [-0.15, -0.1) is 0 Å². The Morgan fingerprint density at radius 1 is 1.08 bits per heavy atom. The van der Waals surface area contributed by atoms with Crippen molar-refractivity contribution < 1.29 is 13.2 Å². The molecule has 1 aromatic heterocycles. The Hall–Kier alpha value is -1.66. The largest absolute Gasteiger partial charge is 0.358 e. The molecule has 0 amide bonds. The highest BCUT2D eigenvalue weighted by Gasteiger charge is 2.31. The summed E-state index contributed by atoms with van der Waals surface area (Å²) in [6.45, 7) is 1.83. The number of H-pyrrole nitrogens is 1. The van der Waals surface area contributed by atoms with E-state index in [4.69, 9.17) is 0 Å². The van der Waals surface area contributed by atoms with Crippen LogP contribution < -0.4 is 0 Å². The van der Waals surface area contributed by atoms with Gasteiger partial charge in [0.1, 0.15) is 0 Å². The molecule has 0 saturated heterocycles. The Kier molecular flexibility index (Phi) is 4.43. The zero-order chi connectivity index (χ0) is 18.5. The van der Waals surface area contributed by atoms with Gasteiger partial charge in [0.05, 0.1) is 4.90 Å². The van der Waals surface area contributed by atoms with Crippen molar-refractivity contribution in [2.24, 2.45) is 0 Å². The van der Waals surface area contributed by atoms with Gasteiger partial charge in [-0.3, -0.25) is 4.79 Å². The van der Waals surface area contributed by atoms with Crippen LogP contribution in [0.2, 0.25) is 0 Å². The number of nitrogens with zero attached hydrogens (tertiary/aromatic N) is 1. The van der Waals surface area contributed by atoms with E-state index in [0.717, 1.165) is 60.7 Å². The second kappa shape index (κ2) is 6.50. The average molecular weight is 375 g/mol. The van der Waals surface area contributed by atoms with E-state index in [1.807, 2.05) is 13.0 Å². The molecule has 6 heteroatoms. The van der Waals surface area contributed by atoms with Crippen LogP contribution in [0.1, 0.15) is 66.6 Å². The molecular formula is C20H26N2O3S. The van der Waals surface area contributed by atoms with Crippen LogP contribution in [0.15, 0.2) is 17.0 Å². The Bertz CT molecular complexity index is 969. The quantitative estimate of drug-likeness (QED) is 0.884. The third-order valence-corrected chi connectivity index (χ3v) is 8.08. The number of sulfonamides is 1. The highest BCUT2D eigenvalue weighted by Crippen LogP contribution is 2.34. The fraction of sp³-hybridized carbons (Fsp3) is 0.550. The van der Waals surface area contributed by atoms with Gasteiger partial charge in [-0.2, -0.15) is 4.31 Å². The fourth-order valence-corrected chi connectivity index (χ4v) is 6.16. The molecule has 0 atom stereocenters. The van der Waals surface area contributed by atoms with Crippen molar-refractivity contribution in [1.29, 1.82) is 0 Å². The first kappa shape index (κ1) is 17.7. The number of aryl methyl sites for hydroxylation is 2. The van der Waals surface area contributed by atoms with Crippen molar-refractivity contribution in [2.75, 3.05) is 7.05 Å². The lowest BCUT2D eigenvalue weighted by molar-refractivity contribution is 0.0974. The zero-order valence-electron chi connectivity index (χ0n) is 15.5. The Morgan fingerprint density at radius 2 is 1.81 bits per heavy atom. The van der Waals surface area contributed by atoms with Crippen LogP contribution in [0.25, 0.3) is 10.9 Å². The first-order chi connectivity index (χ1) is 12.4. The lowest BCUT2D eigenvalue weighted by atomic mass is 9.94. The number of hydrogen-bond donors (Lipinski definition) is 1. The minimum atomic E-state index is -3.55. The van der Waals surface area contributed by atoms with E-state index in [1.165, 1.54) is 6.42 Å². The number of fused-ring (bicyclic) bond motifs is 3. The first-order valence-corrected chi connectivity index (χ1v) is 11.0. The number of rotatable bonds is 3. The average Bonchev–Trinajstić information content (AvgIpc) is 2.99. The summed E-state index contributed by atoms with van der Waals surface area (Å²) in [6, 6.07) is 3.68. The van der Waals surface area contributed by atoms with Crippen molar-refractivity contribution in [3.63, 3.8) is 0 Å². The maximum absolute atomic E-state index is 13.2. The van der Waals surface area contributed by atoms with Crippen molar-refractivity contribution in [1.82, 2.24) is 9.29 Å². The molecule has 1 aromatic carbocycles. The molecule has 0 unspecified atom stereocenters. The summed E-state index contributed by atoms with van der Waals surface area (Å²) in [6.07, 6.45) is 7.51. The maximum atomic E-state index is 13.2. The van der Waals surface area contributed by atoms with Crippen LogP contribution in [-0.2, 0) is 16.4 Å². The second-order valence-electron chi connectivity index (χ2n) is 7.73.